The van der Waals surface area contributed by atoms with Gasteiger partial charge in [-0.1, -0.05) is 45.8 Å². The fraction of sp³-hybridized carbons (Fsp3) is 0.235. The summed E-state index contributed by atoms with van der Waals surface area (Å²) in [5, 5.41) is 9.50. The maximum Gasteiger partial charge on any atom is 0.322 e. The number of benzene rings is 2. The highest BCUT2D eigenvalue weighted by Gasteiger charge is 2.32. The molecule has 128 valence electrons. The Morgan fingerprint density at radius 2 is 1.67 bits per heavy atom. The SMILES string of the molecule is Cc1ccc(S(=O)(=O)N(C)C(Cc2ccc(Br)cc2)C(=O)O)cc1. The van der Waals surface area contributed by atoms with Crippen LogP contribution in [-0.2, 0) is 21.2 Å². The standard InChI is InChI=1S/C17H18BrNO4S/c1-12-3-9-15(10-4-12)24(22,23)19(2)16(17(20)21)11-13-5-7-14(18)8-6-13/h3-10,16H,11H2,1-2H3,(H,20,21). The third-order valence-corrected chi connectivity index (χ3v) is 6.17. The van der Waals surface area contributed by atoms with Gasteiger partial charge >= 0.3 is 5.97 Å². The number of aliphatic carboxylic acids is 1. The number of hydrogen-bond acceptors (Lipinski definition) is 3. The Balaban J connectivity index is 2.31. The highest BCUT2D eigenvalue weighted by molar-refractivity contribution is 9.10. The molecule has 7 heteroatoms. The van der Waals surface area contributed by atoms with Gasteiger partial charge in [-0.25, -0.2) is 8.42 Å². The number of carboxylic acid groups (broad SMARTS) is 1. The molecule has 1 unspecified atom stereocenters. The van der Waals surface area contributed by atoms with Crippen LogP contribution in [0.15, 0.2) is 57.9 Å². The van der Waals surface area contributed by atoms with Crippen molar-refractivity contribution in [1.29, 1.82) is 0 Å². The molecule has 0 saturated carbocycles. The van der Waals surface area contributed by atoms with Crippen LogP contribution in [0.4, 0.5) is 0 Å². The van der Waals surface area contributed by atoms with E-state index in [0.717, 1.165) is 19.9 Å². The first kappa shape index (κ1) is 18.6. The highest BCUT2D eigenvalue weighted by Crippen LogP contribution is 2.20. The molecule has 5 nitrogen and oxygen atoms in total. The molecule has 0 amide bonds. The van der Waals surface area contributed by atoms with Gasteiger partial charge in [0.2, 0.25) is 10.0 Å². The van der Waals surface area contributed by atoms with Gasteiger partial charge in [-0.05, 0) is 43.2 Å². The molecule has 0 bridgehead atoms. The third kappa shape index (κ3) is 4.23. The lowest BCUT2D eigenvalue weighted by Crippen LogP contribution is -2.43. The molecule has 2 aromatic rings. The van der Waals surface area contributed by atoms with E-state index in [4.69, 9.17) is 0 Å². The molecule has 0 aliphatic carbocycles. The van der Waals surface area contributed by atoms with E-state index in [2.05, 4.69) is 15.9 Å². The number of carboxylic acids is 1. The molecular formula is C17H18BrNO4S. The normalized spacial score (nSPS) is 13.0. The molecular weight excluding hydrogens is 394 g/mol. The summed E-state index contributed by atoms with van der Waals surface area (Å²) in [6, 6.07) is 12.3. The van der Waals surface area contributed by atoms with Crippen molar-refractivity contribution in [3.8, 4) is 0 Å². The number of carbonyl (C=O) groups is 1. The van der Waals surface area contributed by atoms with E-state index < -0.39 is 22.0 Å². The first-order valence-electron chi connectivity index (χ1n) is 7.24. The van der Waals surface area contributed by atoms with Gasteiger partial charge in [0.25, 0.3) is 0 Å². The minimum absolute atomic E-state index is 0.0812. The molecule has 0 aliphatic heterocycles. The lowest BCUT2D eigenvalue weighted by Gasteiger charge is -2.24. The Labute approximate surface area is 150 Å². The summed E-state index contributed by atoms with van der Waals surface area (Å²) in [5.74, 6) is -1.18. The second-order valence-electron chi connectivity index (χ2n) is 5.52. The zero-order valence-electron chi connectivity index (χ0n) is 13.3. The summed E-state index contributed by atoms with van der Waals surface area (Å²) in [5.41, 5.74) is 1.68. The van der Waals surface area contributed by atoms with Gasteiger partial charge in [0, 0.05) is 11.5 Å². The minimum atomic E-state index is -3.89. The van der Waals surface area contributed by atoms with E-state index in [9.17, 15) is 18.3 Å². The van der Waals surface area contributed by atoms with Crippen LogP contribution in [0, 0.1) is 6.92 Å². The van der Waals surface area contributed by atoms with Gasteiger partial charge in [-0.2, -0.15) is 4.31 Å². The fourth-order valence-corrected chi connectivity index (χ4v) is 3.84. The Bertz CT molecular complexity index is 817. The van der Waals surface area contributed by atoms with E-state index in [1.807, 2.05) is 6.92 Å². The van der Waals surface area contributed by atoms with Crippen molar-refractivity contribution in [2.45, 2.75) is 24.3 Å². The lowest BCUT2D eigenvalue weighted by atomic mass is 10.1. The van der Waals surface area contributed by atoms with E-state index >= 15 is 0 Å². The Morgan fingerprint density at radius 1 is 1.12 bits per heavy atom. The summed E-state index contributed by atoms with van der Waals surface area (Å²) in [4.78, 5) is 11.7. The van der Waals surface area contributed by atoms with Gasteiger partial charge < -0.3 is 5.11 Å². The molecule has 2 aromatic carbocycles. The van der Waals surface area contributed by atoms with Crippen LogP contribution >= 0.6 is 15.9 Å². The summed E-state index contributed by atoms with van der Waals surface area (Å²) in [6.07, 6.45) is 0.0875. The second kappa shape index (κ2) is 7.46. The summed E-state index contributed by atoms with van der Waals surface area (Å²) in [6.45, 7) is 1.85. The van der Waals surface area contributed by atoms with E-state index in [1.165, 1.54) is 19.2 Å². The van der Waals surface area contributed by atoms with Crippen molar-refractivity contribution >= 4 is 31.9 Å². The van der Waals surface area contributed by atoms with E-state index in [-0.39, 0.29) is 11.3 Å². The number of likely N-dealkylation sites (N-methyl/N-ethyl adjacent to an activating group) is 1. The van der Waals surface area contributed by atoms with E-state index in [1.54, 1.807) is 36.4 Å². The first-order chi connectivity index (χ1) is 11.2. The third-order valence-electron chi connectivity index (χ3n) is 3.76. The molecule has 1 atom stereocenters. The van der Waals surface area contributed by atoms with Crippen LogP contribution in [0.5, 0.6) is 0 Å². The summed E-state index contributed by atoms with van der Waals surface area (Å²) < 4.78 is 27.2. The smallest absolute Gasteiger partial charge is 0.322 e. The lowest BCUT2D eigenvalue weighted by molar-refractivity contribution is -0.141. The van der Waals surface area contributed by atoms with Crippen LogP contribution in [0.1, 0.15) is 11.1 Å². The molecule has 0 fully saturated rings. The Hall–Kier alpha value is -1.70. The monoisotopic (exact) mass is 411 g/mol. The predicted octanol–water partition coefficient (Wildman–Crippen LogP) is 3.07. The Morgan fingerprint density at radius 3 is 2.17 bits per heavy atom. The molecule has 24 heavy (non-hydrogen) atoms. The molecule has 0 saturated heterocycles. The number of halogens is 1. The molecule has 0 aliphatic rings. The van der Waals surface area contributed by atoms with Crippen molar-refractivity contribution in [3.63, 3.8) is 0 Å². The molecule has 0 aromatic heterocycles. The van der Waals surface area contributed by atoms with Gasteiger partial charge in [-0.15, -0.1) is 0 Å². The average molecular weight is 412 g/mol. The highest BCUT2D eigenvalue weighted by atomic mass is 79.9. The van der Waals surface area contributed by atoms with Crippen molar-refractivity contribution in [3.05, 3.63) is 64.1 Å². The van der Waals surface area contributed by atoms with Crippen molar-refractivity contribution in [1.82, 2.24) is 4.31 Å². The van der Waals surface area contributed by atoms with Crippen LogP contribution in [0.3, 0.4) is 0 Å². The zero-order valence-corrected chi connectivity index (χ0v) is 15.7. The van der Waals surface area contributed by atoms with Gasteiger partial charge in [0.15, 0.2) is 0 Å². The molecule has 0 heterocycles. The van der Waals surface area contributed by atoms with Crippen molar-refractivity contribution < 1.29 is 18.3 Å². The number of aryl methyl sites for hydroxylation is 1. The largest absolute Gasteiger partial charge is 0.480 e. The first-order valence-corrected chi connectivity index (χ1v) is 9.47. The van der Waals surface area contributed by atoms with Crippen LogP contribution in [0.25, 0.3) is 0 Å². The topological polar surface area (TPSA) is 74.7 Å². The fourth-order valence-electron chi connectivity index (χ4n) is 2.26. The average Bonchev–Trinajstić information content (AvgIpc) is 2.53. The number of hydrogen-bond donors (Lipinski definition) is 1. The Kier molecular flexibility index (Phi) is 5.79. The van der Waals surface area contributed by atoms with Crippen LogP contribution in [0.2, 0.25) is 0 Å². The molecule has 0 radical (unpaired) electrons. The molecule has 2 rings (SSSR count). The van der Waals surface area contributed by atoms with Crippen molar-refractivity contribution in [2.24, 2.45) is 0 Å². The van der Waals surface area contributed by atoms with Gasteiger partial charge in [-0.3, -0.25) is 4.79 Å². The second-order valence-corrected chi connectivity index (χ2v) is 8.43. The van der Waals surface area contributed by atoms with Crippen LogP contribution in [-0.4, -0.2) is 36.9 Å². The van der Waals surface area contributed by atoms with Crippen LogP contribution < -0.4 is 0 Å². The maximum atomic E-state index is 12.7. The van der Waals surface area contributed by atoms with Gasteiger partial charge in [0.05, 0.1) is 4.90 Å². The number of rotatable bonds is 6. The maximum absolute atomic E-state index is 12.7. The number of sulfonamides is 1. The number of nitrogens with zero attached hydrogens (tertiary/aromatic N) is 1. The summed E-state index contributed by atoms with van der Waals surface area (Å²) in [7, 11) is -2.59. The van der Waals surface area contributed by atoms with Crippen molar-refractivity contribution in [2.75, 3.05) is 7.05 Å². The van der Waals surface area contributed by atoms with E-state index in [0.29, 0.717) is 0 Å². The molecule has 1 N–H and O–H groups in total. The zero-order chi connectivity index (χ0) is 17.9. The van der Waals surface area contributed by atoms with Gasteiger partial charge in [0.1, 0.15) is 6.04 Å². The minimum Gasteiger partial charge on any atom is -0.480 e. The quantitative estimate of drug-likeness (QED) is 0.792. The summed E-state index contributed by atoms with van der Waals surface area (Å²) >= 11 is 3.32. The molecule has 0 spiro atoms. The predicted molar refractivity (Wildman–Crippen MR) is 95.4 cm³/mol.